The molecule has 1 saturated heterocycles. The van der Waals surface area contributed by atoms with Crippen LogP contribution in [0.25, 0.3) is 10.8 Å². The molecule has 6 rings (SSSR count). The van der Waals surface area contributed by atoms with E-state index < -0.39 is 0 Å². The molecule has 0 aromatic heterocycles. The predicted molar refractivity (Wildman–Crippen MR) is 283 cm³/mol. The van der Waals surface area contributed by atoms with Crippen molar-refractivity contribution in [1.82, 2.24) is 0 Å². The molecule has 0 bridgehead atoms. The summed E-state index contributed by atoms with van der Waals surface area (Å²) in [6.07, 6.45) is 7.89. The number of ether oxygens (including phenoxy) is 1. The molecule has 1 aliphatic carbocycles. The Labute approximate surface area is 367 Å². The minimum Gasteiger partial charge on any atom is -0.381 e. The van der Waals surface area contributed by atoms with Crippen LogP contribution < -0.4 is 0 Å². The molecule has 4 aromatic carbocycles. The normalized spacial score (nSPS) is 8.84. The molecule has 0 unspecified atom stereocenters. The number of fused-ring (bicyclic) bond motifs is 2. The van der Waals surface area contributed by atoms with Gasteiger partial charge >= 0.3 is 0 Å². The van der Waals surface area contributed by atoms with E-state index in [1.807, 2.05) is 203 Å². The summed E-state index contributed by atoms with van der Waals surface area (Å²) < 4.78 is 5.07. The predicted octanol–water partition coefficient (Wildman–Crippen LogP) is 21.5. The van der Waals surface area contributed by atoms with Crippen LogP contribution >= 0.6 is 0 Å². The molecule has 57 heavy (non-hydrogen) atoms. The van der Waals surface area contributed by atoms with E-state index in [0.29, 0.717) is 0 Å². The molecule has 0 amide bonds. The SMILES string of the molecule is C.C.C1CCOCC1.CC.CC.CC.CC.CC.CC.CC.CC.CC.CC.CC.CC.c1ccc2c(c1)CCC2.c1ccc2ccccc2c1.c1ccccc1. The van der Waals surface area contributed by atoms with Gasteiger partial charge in [-0.3, -0.25) is 0 Å². The van der Waals surface area contributed by atoms with E-state index in [1.165, 1.54) is 49.3 Å². The van der Waals surface area contributed by atoms with Crippen LogP contribution in [0.4, 0.5) is 0 Å². The molecule has 0 N–H and O–H groups in total. The number of hydrogen-bond donors (Lipinski definition) is 0. The van der Waals surface area contributed by atoms with E-state index >= 15 is 0 Å². The second-order valence-electron chi connectivity index (χ2n) is 7.80. The molecule has 0 atom stereocenters. The van der Waals surface area contributed by atoms with E-state index in [1.54, 1.807) is 11.1 Å². The number of aryl methyl sites for hydroxylation is 2. The fourth-order valence-electron chi connectivity index (χ4n) is 3.72. The van der Waals surface area contributed by atoms with Crippen molar-refractivity contribution < 1.29 is 4.74 Å². The zero-order valence-electron chi connectivity index (χ0n) is 42.5. The molecule has 0 radical (unpaired) electrons. The van der Waals surface area contributed by atoms with Crippen LogP contribution in [-0.2, 0) is 17.6 Å². The van der Waals surface area contributed by atoms with Crippen molar-refractivity contribution in [2.24, 2.45) is 0 Å². The van der Waals surface area contributed by atoms with Crippen LogP contribution in [0, 0.1) is 0 Å². The molecule has 344 valence electrons. The fourth-order valence-corrected chi connectivity index (χ4v) is 3.72. The largest absolute Gasteiger partial charge is 0.381 e. The lowest BCUT2D eigenvalue weighted by atomic mass is 10.1. The highest BCUT2D eigenvalue weighted by Gasteiger charge is 2.07. The van der Waals surface area contributed by atoms with E-state index in [2.05, 4.69) is 72.8 Å². The summed E-state index contributed by atoms with van der Waals surface area (Å²) in [5.74, 6) is 0. The highest BCUT2D eigenvalue weighted by Crippen LogP contribution is 2.20. The molecule has 2 aliphatic rings. The number of hydrogen-bond acceptors (Lipinski definition) is 1. The van der Waals surface area contributed by atoms with Crippen molar-refractivity contribution in [1.29, 1.82) is 0 Å². The molecule has 1 heterocycles. The summed E-state index contributed by atoms with van der Waals surface area (Å²) in [6, 6.07) is 37.4. The maximum absolute atomic E-state index is 5.07. The van der Waals surface area contributed by atoms with Gasteiger partial charge in [0, 0.05) is 13.2 Å². The third-order valence-electron chi connectivity index (χ3n) is 5.41. The highest BCUT2D eigenvalue weighted by molar-refractivity contribution is 5.82. The number of benzene rings is 4. The van der Waals surface area contributed by atoms with Gasteiger partial charge in [0.25, 0.3) is 0 Å². The van der Waals surface area contributed by atoms with Crippen molar-refractivity contribution in [3.05, 3.63) is 120 Å². The van der Waals surface area contributed by atoms with Gasteiger partial charge in [0.1, 0.15) is 0 Å². The molecule has 1 fully saturated rings. The topological polar surface area (TPSA) is 9.23 Å². The van der Waals surface area contributed by atoms with Crippen LogP contribution in [0.15, 0.2) is 109 Å². The van der Waals surface area contributed by atoms with Crippen LogP contribution in [-0.4, -0.2) is 13.2 Å². The molecule has 1 heteroatoms. The summed E-state index contributed by atoms with van der Waals surface area (Å²) in [4.78, 5) is 0. The Morgan fingerprint density at radius 1 is 0.263 bits per heavy atom. The van der Waals surface area contributed by atoms with Crippen molar-refractivity contribution in [2.45, 2.75) is 220 Å². The van der Waals surface area contributed by atoms with Crippen molar-refractivity contribution in [3.63, 3.8) is 0 Å². The Hall–Kier alpha value is -2.90. The Morgan fingerprint density at radius 3 is 0.649 bits per heavy atom. The van der Waals surface area contributed by atoms with E-state index in [4.69, 9.17) is 4.74 Å². The Kier molecular flexibility index (Phi) is 167. The zero-order valence-corrected chi connectivity index (χ0v) is 42.5. The van der Waals surface area contributed by atoms with Crippen LogP contribution in [0.1, 0.15) is 218 Å². The van der Waals surface area contributed by atoms with Crippen molar-refractivity contribution >= 4 is 10.8 Å². The van der Waals surface area contributed by atoms with Gasteiger partial charge in [0.2, 0.25) is 0 Å². The second kappa shape index (κ2) is 111. The van der Waals surface area contributed by atoms with Gasteiger partial charge in [-0.25, -0.2) is 0 Å². The second-order valence-corrected chi connectivity index (χ2v) is 7.80. The molecule has 4 aromatic rings. The monoisotopic (exact) mass is 803 g/mol. The molecule has 1 aliphatic heterocycles. The van der Waals surface area contributed by atoms with Gasteiger partial charge < -0.3 is 4.74 Å². The van der Waals surface area contributed by atoms with Crippen LogP contribution in [0.3, 0.4) is 0 Å². The van der Waals surface area contributed by atoms with E-state index in [-0.39, 0.29) is 14.9 Å². The summed E-state index contributed by atoms with van der Waals surface area (Å²) in [5, 5.41) is 2.62. The van der Waals surface area contributed by atoms with Crippen molar-refractivity contribution in [3.8, 4) is 0 Å². The van der Waals surface area contributed by atoms with Crippen LogP contribution in [0.2, 0.25) is 0 Å². The molecule has 0 spiro atoms. The summed E-state index contributed by atoms with van der Waals surface area (Å²) in [7, 11) is 0. The first kappa shape index (κ1) is 86.1. The Morgan fingerprint density at radius 2 is 0.474 bits per heavy atom. The zero-order chi connectivity index (χ0) is 45.4. The van der Waals surface area contributed by atoms with Gasteiger partial charge in [0.05, 0.1) is 0 Å². The Bertz CT molecular complexity index is 848. The molecule has 0 saturated carbocycles. The first-order chi connectivity index (χ1) is 27.4. The molecular formula is C56H114O. The minimum atomic E-state index is 0. The summed E-state index contributed by atoms with van der Waals surface area (Å²) in [6.45, 7) is 50.0. The van der Waals surface area contributed by atoms with Crippen molar-refractivity contribution in [2.75, 3.05) is 13.2 Å². The first-order valence-electron chi connectivity index (χ1n) is 23.5. The first-order valence-corrected chi connectivity index (χ1v) is 23.5. The third kappa shape index (κ3) is 71.3. The Balaban J connectivity index is -0.0000000403. The van der Waals surface area contributed by atoms with Gasteiger partial charge in [-0.1, -0.05) is 290 Å². The average Bonchev–Trinajstić information content (AvgIpc) is 3.85. The number of rotatable bonds is 0. The lowest BCUT2D eigenvalue weighted by Gasteiger charge is -2.08. The lowest BCUT2D eigenvalue weighted by Crippen LogP contribution is -2.03. The highest BCUT2D eigenvalue weighted by atomic mass is 16.5. The van der Waals surface area contributed by atoms with Gasteiger partial charge in [-0.15, -0.1) is 0 Å². The standard InChI is InChI=1S/C10H8.C9H10.C6H6.C5H10O.12C2H6.2CH4/c1-2-6-10-8-4-3-7-9(10)5-1;1-2-5-9-7-3-6-8(9)4-1;2*1-2-4-6-5-3-1;12*1-2;;/h1-8H;1-2,4-5H,3,6-7H2;1-6H;1-5H2;12*1-2H3;2*1H4. The summed E-state index contributed by atoms with van der Waals surface area (Å²) >= 11 is 0. The fraction of sp³-hybridized carbons (Fsp3) is 0.607. The quantitative estimate of drug-likeness (QED) is 0.172. The molecule has 1 nitrogen and oxygen atoms in total. The maximum atomic E-state index is 5.07. The van der Waals surface area contributed by atoms with E-state index in [0.717, 1.165) is 13.2 Å². The van der Waals surface area contributed by atoms with E-state index in [9.17, 15) is 0 Å². The van der Waals surface area contributed by atoms with Gasteiger partial charge in [-0.05, 0) is 60.4 Å². The molecular weight excluding hydrogens is 689 g/mol. The smallest absolute Gasteiger partial charge is 0.0466 e. The summed E-state index contributed by atoms with van der Waals surface area (Å²) in [5.41, 5.74) is 3.13. The van der Waals surface area contributed by atoms with Gasteiger partial charge in [-0.2, -0.15) is 0 Å². The maximum Gasteiger partial charge on any atom is 0.0466 e. The minimum absolute atomic E-state index is 0. The third-order valence-corrected chi connectivity index (χ3v) is 5.41. The lowest BCUT2D eigenvalue weighted by molar-refractivity contribution is 0.0968. The average molecular weight is 804 g/mol. The van der Waals surface area contributed by atoms with Crippen LogP contribution in [0.5, 0.6) is 0 Å². The van der Waals surface area contributed by atoms with Gasteiger partial charge in [0.15, 0.2) is 0 Å².